The number of nitrogens with zero attached hydrogens (tertiary/aromatic N) is 1. The number of carbonyl (C=O) groups excluding carboxylic acids is 1. The summed E-state index contributed by atoms with van der Waals surface area (Å²) in [7, 11) is 0. The van der Waals surface area contributed by atoms with Gasteiger partial charge in [-0.15, -0.1) is 11.3 Å². The zero-order chi connectivity index (χ0) is 17.6. The van der Waals surface area contributed by atoms with Crippen LogP contribution >= 0.6 is 11.3 Å². The van der Waals surface area contributed by atoms with Gasteiger partial charge in [0.1, 0.15) is 5.82 Å². The van der Waals surface area contributed by atoms with Crippen molar-refractivity contribution < 1.29 is 9.18 Å². The Morgan fingerprint density at radius 3 is 2.68 bits per heavy atom. The number of anilines is 2. The van der Waals surface area contributed by atoms with Crippen molar-refractivity contribution in [2.24, 2.45) is 0 Å². The van der Waals surface area contributed by atoms with Gasteiger partial charge < -0.3 is 10.6 Å². The molecular weight excluding hydrogens is 337 g/mol. The molecule has 4 nitrogen and oxygen atoms in total. The normalized spacial score (nSPS) is 10.5. The first-order chi connectivity index (χ1) is 12.2. The van der Waals surface area contributed by atoms with Crippen LogP contribution in [0.15, 0.2) is 53.9 Å². The molecule has 0 saturated carbocycles. The highest BCUT2D eigenvalue weighted by molar-refractivity contribution is 7.14. The second-order valence-electron chi connectivity index (χ2n) is 5.46. The summed E-state index contributed by atoms with van der Waals surface area (Å²) in [5, 5.41) is 8.46. The number of hydrogen-bond acceptors (Lipinski definition) is 4. The van der Waals surface area contributed by atoms with Crippen molar-refractivity contribution in [1.82, 2.24) is 4.98 Å². The maximum absolute atomic E-state index is 13.0. The van der Waals surface area contributed by atoms with E-state index in [-0.39, 0.29) is 18.3 Å². The van der Waals surface area contributed by atoms with E-state index in [1.807, 2.05) is 29.6 Å². The van der Waals surface area contributed by atoms with Gasteiger partial charge in [-0.25, -0.2) is 9.37 Å². The topological polar surface area (TPSA) is 54.0 Å². The lowest BCUT2D eigenvalue weighted by molar-refractivity contribution is -0.114. The molecule has 25 heavy (non-hydrogen) atoms. The van der Waals surface area contributed by atoms with Gasteiger partial charge >= 0.3 is 0 Å². The number of hydrogen-bond donors (Lipinski definition) is 2. The third-order valence-corrected chi connectivity index (χ3v) is 4.52. The van der Waals surface area contributed by atoms with Crippen molar-refractivity contribution in [3.05, 3.63) is 65.3 Å². The molecule has 0 fully saturated rings. The number of aryl methyl sites for hydroxylation is 1. The van der Waals surface area contributed by atoms with Crippen LogP contribution in [0.5, 0.6) is 0 Å². The number of nitrogens with one attached hydrogen (secondary N) is 2. The highest BCUT2D eigenvalue weighted by Crippen LogP contribution is 2.25. The Morgan fingerprint density at radius 2 is 1.92 bits per heavy atom. The van der Waals surface area contributed by atoms with Crippen LogP contribution in [0.2, 0.25) is 0 Å². The Hall–Kier alpha value is -2.73. The van der Waals surface area contributed by atoms with Crippen molar-refractivity contribution in [2.45, 2.75) is 13.3 Å². The van der Waals surface area contributed by atoms with Crippen molar-refractivity contribution in [1.29, 1.82) is 0 Å². The van der Waals surface area contributed by atoms with Crippen LogP contribution in [0.4, 0.5) is 15.2 Å². The zero-order valence-electron chi connectivity index (χ0n) is 13.8. The molecule has 0 aliphatic rings. The average Bonchev–Trinajstić information content (AvgIpc) is 3.10. The minimum Gasteiger partial charge on any atom is -0.352 e. The number of halogens is 1. The van der Waals surface area contributed by atoms with Crippen LogP contribution < -0.4 is 10.6 Å². The molecular formula is C19H18FN3OS. The second-order valence-corrected chi connectivity index (χ2v) is 6.32. The van der Waals surface area contributed by atoms with Gasteiger partial charge in [-0.3, -0.25) is 4.79 Å². The van der Waals surface area contributed by atoms with E-state index in [0.29, 0.717) is 5.13 Å². The van der Waals surface area contributed by atoms with Crippen LogP contribution in [-0.2, 0) is 11.2 Å². The minimum absolute atomic E-state index is 0.126. The fraction of sp³-hybridized carbons (Fsp3) is 0.158. The van der Waals surface area contributed by atoms with E-state index < -0.39 is 0 Å². The fourth-order valence-corrected chi connectivity index (χ4v) is 3.13. The molecule has 1 amide bonds. The Kier molecular flexibility index (Phi) is 5.40. The predicted molar refractivity (Wildman–Crippen MR) is 100 cm³/mol. The summed E-state index contributed by atoms with van der Waals surface area (Å²) in [6.07, 6.45) is 0.859. The standard InChI is InChI=1S/C19H18FN3OS/c1-2-13-5-3-4-6-16(13)22-18(24)11-21-19-23-17(12-25-19)14-7-9-15(20)10-8-14/h3-10,12H,2,11H2,1H3,(H,21,23)(H,22,24). The second kappa shape index (κ2) is 7.90. The smallest absolute Gasteiger partial charge is 0.243 e. The molecule has 3 aromatic rings. The zero-order valence-corrected chi connectivity index (χ0v) is 14.6. The third-order valence-electron chi connectivity index (χ3n) is 3.72. The third kappa shape index (κ3) is 4.42. The summed E-state index contributed by atoms with van der Waals surface area (Å²) in [6.45, 7) is 2.18. The summed E-state index contributed by atoms with van der Waals surface area (Å²) in [5.41, 5.74) is 3.53. The first-order valence-electron chi connectivity index (χ1n) is 7.99. The average molecular weight is 355 g/mol. The van der Waals surface area contributed by atoms with Gasteiger partial charge in [-0.05, 0) is 42.3 Å². The summed E-state index contributed by atoms with van der Waals surface area (Å²) < 4.78 is 13.0. The SMILES string of the molecule is CCc1ccccc1NC(=O)CNc1nc(-c2ccc(F)cc2)cs1. The summed E-state index contributed by atoms with van der Waals surface area (Å²) in [5.74, 6) is -0.402. The van der Waals surface area contributed by atoms with Gasteiger partial charge in [0.05, 0.1) is 12.2 Å². The number of thiazole rings is 1. The van der Waals surface area contributed by atoms with E-state index in [1.165, 1.54) is 23.5 Å². The van der Waals surface area contributed by atoms with Crippen molar-refractivity contribution in [2.75, 3.05) is 17.2 Å². The van der Waals surface area contributed by atoms with Crippen LogP contribution in [0, 0.1) is 5.82 Å². The largest absolute Gasteiger partial charge is 0.352 e. The molecule has 0 unspecified atom stereocenters. The predicted octanol–water partition coefficient (Wildman–Crippen LogP) is 4.56. The van der Waals surface area contributed by atoms with Crippen LogP contribution in [0.3, 0.4) is 0 Å². The van der Waals surface area contributed by atoms with Crippen LogP contribution in [0.25, 0.3) is 11.3 Å². The first-order valence-corrected chi connectivity index (χ1v) is 8.86. The monoisotopic (exact) mass is 355 g/mol. The van der Waals surface area contributed by atoms with Crippen molar-refractivity contribution >= 4 is 28.1 Å². The molecule has 6 heteroatoms. The lowest BCUT2D eigenvalue weighted by atomic mass is 10.1. The summed E-state index contributed by atoms with van der Waals surface area (Å²) in [6, 6.07) is 13.9. The van der Waals surface area contributed by atoms with Gasteiger partial charge in [0.15, 0.2) is 5.13 Å². The van der Waals surface area contributed by atoms with E-state index in [0.717, 1.165) is 28.9 Å². The fourth-order valence-electron chi connectivity index (χ4n) is 2.41. The molecule has 128 valence electrons. The van der Waals surface area contributed by atoms with Crippen molar-refractivity contribution in [3.8, 4) is 11.3 Å². The Labute approximate surface area is 149 Å². The van der Waals surface area contributed by atoms with Gasteiger partial charge in [-0.2, -0.15) is 0 Å². The van der Waals surface area contributed by atoms with E-state index in [9.17, 15) is 9.18 Å². The number of para-hydroxylation sites is 1. The molecule has 2 aromatic carbocycles. The lowest BCUT2D eigenvalue weighted by Crippen LogP contribution is -2.22. The molecule has 2 N–H and O–H groups in total. The molecule has 3 rings (SSSR count). The number of amides is 1. The molecule has 0 radical (unpaired) electrons. The maximum Gasteiger partial charge on any atom is 0.243 e. The Morgan fingerprint density at radius 1 is 1.16 bits per heavy atom. The molecule has 0 bridgehead atoms. The molecule has 1 aromatic heterocycles. The summed E-state index contributed by atoms with van der Waals surface area (Å²) in [4.78, 5) is 16.6. The molecule has 0 atom stereocenters. The lowest BCUT2D eigenvalue weighted by Gasteiger charge is -2.09. The summed E-state index contributed by atoms with van der Waals surface area (Å²) >= 11 is 1.41. The molecule has 0 aliphatic heterocycles. The molecule has 0 spiro atoms. The van der Waals surface area contributed by atoms with Crippen LogP contribution in [-0.4, -0.2) is 17.4 Å². The maximum atomic E-state index is 13.0. The molecule has 0 aliphatic carbocycles. The quantitative estimate of drug-likeness (QED) is 0.681. The number of rotatable bonds is 6. The Bertz CT molecular complexity index is 861. The van der Waals surface area contributed by atoms with Gasteiger partial charge in [0, 0.05) is 16.6 Å². The molecule has 0 saturated heterocycles. The number of aromatic nitrogens is 1. The van der Waals surface area contributed by atoms with E-state index in [4.69, 9.17) is 0 Å². The van der Waals surface area contributed by atoms with Crippen LogP contribution in [0.1, 0.15) is 12.5 Å². The molecule has 1 heterocycles. The highest BCUT2D eigenvalue weighted by atomic mass is 32.1. The number of carbonyl (C=O) groups is 1. The van der Waals surface area contributed by atoms with Crippen molar-refractivity contribution in [3.63, 3.8) is 0 Å². The number of benzene rings is 2. The minimum atomic E-state index is -0.277. The van der Waals surface area contributed by atoms with Gasteiger partial charge in [0.2, 0.25) is 5.91 Å². The van der Waals surface area contributed by atoms with Gasteiger partial charge in [0.25, 0.3) is 0 Å². The van der Waals surface area contributed by atoms with E-state index in [1.54, 1.807) is 12.1 Å². The Balaban J connectivity index is 1.58. The van der Waals surface area contributed by atoms with E-state index >= 15 is 0 Å². The van der Waals surface area contributed by atoms with E-state index in [2.05, 4.69) is 22.5 Å². The first kappa shape index (κ1) is 17.1. The van der Waals surface area contributed by atoms with Gasteiger partial charge in [-0.1, -0.05) is 25.1 Å². The highest BCUT2D eigenvalue weighted by Gasteiger charge is 2.08.